The van der Waals surface area contributed by atoms with E-state index in [-0.39, 0.29) is 46.8 Å². The number of aromatic nitrogens is 2. The number of hydrogen-bond acceptors (Lipinski definition) is 32. The number of unbranched alkanes of at least 4 members (excludes halogenated alkanes) is 12. The zero-order valence-electron chi connectivity index (χ0n) is 77.0. The summed E-state index contributed by atoms with van der Waals surface area (Å²) in [6.45, 7) is 17.1. The largest absolute Gasteiger partial charge is 0.494 e. The first-order valence-electron chi connectivity index (χ1n) is 46.3. The Labute approximate surface area is 809 Å². The van der Waals surface area contributed by atoms with Crippen molar-refractivity contribution in [1.82, 2.24) is 9.97 Å². The molecule has 2 saturated carbocycles. The van der Waals surface area contributed by atoms with Crippen LogP contribution in [0.5, 0.6) is 57.5 Å². The first-order chi connectivity index (χ1) is 67.3. The highest BCUT2D eigenvalue weighted by atomic mass is 32.1. The van der Waals surface area contributed by atoms with Crippen LogP contribution in [-0.2, 0) is 57.3 Å². The van der Waals surface area contributed by atoms with Crippen molar-refractivity contribution in [2.24, 2.45) is 33.9 Å². The average Bonchev–Trinajstić information content (AvgIpc) is 1.51. The molecule has 724 valence electrons. The van der Waals surface area contributed by atoms with E-state index in [0.29, 0.717) is 171 Å². The van der Waals surface area contributed by atoms with Crippen molar-refractivity contribution in [2.75, 3.05) is 63.7 Å². The van der Waals surface area contributed by atoms with Gasteiger partial charge in [-0.3, -0.25) is 30.0 Å². The van der Waals surface area contributed by atoms with Crippen LogP contribution in [0.3, 0.4) is 0 Å². The van der Waals surface area contributed by atoms with Crippen molar-refractivity contribution in [3.8, 4) is 57.5 Å². The van der Waals surface area contributed by atoms with Gasteiger partial charge in [0.15, 0.2) is 0 Å². The monoisotopic (exact) mass is 1920 g/mol. The number of para-hydroxylation sites is 2. The highest BCUT2D eigenvalue weighted by Crippen LogP contribution is 2.37. The molecule has 2 aliphatic rings. The summed E-state index contributed by atoms with van der Waals surface area (Å²) in [6, 6.07) is 51.8. The molecule has 138 heavy (non-hydrogen) atoms. The number of benzene rings is 8. The lowest BCUT2D eigenvalue weighted by Gasteiger charge is -2.26. The second kappa shape index (κ2) is 57.3. The minimum Gasteiger partial charge on any atom is -0.494 e. The van der Waals surface area contributed by atoms with Crippen molar-refractivity contribution >= 4 is 125 Å². The molecule has 0 spiro atoms. The fourth-order valence-corrected chi connectivity index (χ4v) is 16.1. The van der Waals surface area contributed by atoms with Gasteiger partial charge in [0.25, 0.3) is 0 Å². The number of nitrogens with zero attached hydrogens (tertiary/aromatic N) is 4. The third-order valence-corrected chi connectivity index (χ3v) is 23.9. The summed E-state index contributed by atoms with van der Waals surface area (Å²) >= 11 is 2.86. The average molecular weight is 1920 g/mol. The van der Waals surface area contributed by atoms with Gasteiger partial charge in [-0.2, -0.15) is 10.2 Å². The molecular formula is C106H114N6O24S2. The molecule has 12 rings (SSSR count). The normalized spacial score (nSPS) is 14.3. The molecule has 0 amide bonds. The molecular weight excluding hydrogens is 1810 g/mol. The summed E-state index contributed by atoms with van der Waals surface area (Å²) in [4.78, 5) is 134. The zero-order chi connectivity index (χ0) is 97.3. The van der Waals surface area contributed by atoms with E-state index < -0.39 is 59.6 Å². The highest BCUT2D eigenvalue weighted by Gasteiger charge is 2.35. The predicted molar refractivity (Wildman–Crippen MR) is 524 cm³/mol. The smallest absolute Gasteiger partial charge is 0.343 e. The maximum absolute atomic E-state index is 13.7. The van der Waals surface area contributed by atoms with Crippen molar-refractivity contribution in [2.45, 2.75) is 154 Å². The van der Waals surface area contributed by atoms with Gasteiger partial charge in [0.1, 0.15) is 57.5 Å². The summed E-state index contributed by atoms with van der Waals surface area (Å²) in [5.74, 6) is -1.91. The van der Waals surface area contributed by atoms with Crippen LogP contribution in [0.1, 0.15) is 186 Å². The Hall–Kier alpha value is -14.7. The zero-order valence-corrected chi connectivity index (χ0v) is 78.6. The molecule has 10 aromatic rings. The molecule has 2 N–H and O–H groups in total. The quantitative estimate of drug-likeness (QED) is 0.00680. The maximum Gasteiger partial charge on any atom is 0.343 e. The molecule has 2 heterocycles. The third-order valence-electron chi connectivity index (χ3n) is 22.0. The molecule has 32 heteroatoms. The van der Waals surface area contributed by atoms with Crippen LogP contribution in [0.25, 0.3) is 20.4 Å². The number of fused-ring (bicyclic) bond motifs is 2. The van der Waals surface area contributed by atoms with Crippen LogP contribution >= 0.6 is 22.7 Å². The minimum absolute atomic E-state index is 0.187. The molecule has 2 aromatic heterocycles. The molecule has 30 nitrogen and oxygen atoms in total. The number of carbonyl (C=O) groups excluding carboxylic acids is 10. The second-order valence-corrected chi connectivity index (χ2v) is 34.3. The molecule has 0 saturated heterocycles. The van der Waals surface area contributed by atoms with E-state index in [1.807, 2.05) is 48.5 Å². The second-order valence-electron chi connectivity index (χ2n) is 32.2. The number of esters is 10. The van der Waals surface area contributed by atoms with Crippen LogP contribution in [0.2, 0.25) is 0 Å². The van der Waals surface area contributed by atoms with Gasteiger partial charge < -0.3 is 66.3 Å². The predicted octanol–water partition coefficient (Wildman–Crippen LogP) is 21.2. The Morgan fingerprint density at radius 1 is 0.304 bits per heavy atom. The molecule has 0 bridgehead atoms. The Morgan fingerprint density at radius 2 is 0.572 bits per heavy atom. The van der Waals surface area contributed by atoms with Gasteiger partial charge >= 0.3 is 59.7 Å². The van der Waals surface area contributed by atoms with Crippen molar-refractivity contribution in [3.05, 3.63) is 255 Å². The summed E-state index contributed by atoms with van der Waals surface area (Å²) in [5.41, 5.74) is 8.89. The molecule has 8 aromatic carbocycles. The van der Waals surface area contributed by atoms with E-state index in [9.17, 15) is 47.9 Å². The van der Waals surface area contributed by atoms with E-state index in [0.717, 1.165) is 147 Å². The Bertz CT molecular complexity index is 5700. The van der Waals surface area contributed by atoms with Crippen LogP contribution in [-0.4, -0.2) is 135 Å². The van der Waals surface area contributed by atoms with Gasteiger partial charge in [0.05, 0.1) is 121 Å². The first kappa shape index (κ1) is 104. The number of carbonyl (C=O) groups is 10. The lowest BCUT2D eigenvalue weighted by Crippen LogP contribution is -2.30. The van der Waals surface area contributed by atoms with E-state index in [1.54, 1.807) is 121 Å². The fourth-order valence-electron chi connectivity index (χ4n) is 14.5. The van der Waals surface area contributed by atoms with Gasteiger partial charge in [-0.05, 0) is 312 Å². The molecule has 2 fully saturated rings. The summed E-state index contributed by atoms with van der Waals surface area (Å²) < 4.78 is 80.0. The number of rotatable bonds is 54. The summed E-state index contributed by atoms with van der Waals surface area (Å²) in [7, 11) is 0. The molecule has 2 aliphatic carbocycles. The van der Waals surface area contributed by atoms with Crippen molar-refractivity contribution < 1.29 is 114 Å². The first-order valence-corrected chi connectivity index (χ1v) is 47.9. The van der Waals surface area contributed by atoms with Crippen LogP contribution in [0, 0.1) is 23.7 Å². The lowest BCUT2D eigenvalue weighted by molar-refractivity contribution is -0.145. The van der Waals surface area contributed by atoms with Gasteiger partial charge in [0.2, 0.25) is 10.3 Å². The standard InChI is InChI=1S/C60H67N3O14S.C46H47N3O10S/c1-3-54(64)72-37-13-7-5-11-35-70-46-25-29-48(30-26-46)74-56(66)41-17-19-43(20-18-41)58(68)76-50-33-34-52(45(39-50)40-61-63-60-62-51-15-9-10-16-53(51)78-60)77-59(69)44-23-21-42(22-24-44)57(67)75-49-31-27-47(28-32-49)71-36-12-6-8-14-38-73-55(65)4-2;1-3-42(50)56-29-13-7-5-11-27-54-36-21-17-33(18-22-36)44(52)58-38-25-26-40(35(31-38)32-47-49-46-48-39-15-9-10-16-41(39)60-46)59-45(53)34-19-23-37(24-20-34)55-28-12-6-8-14-30-57-43(51)4-2/h3-4,9-10,15-16,25-34,39-44H,1-2,5-8,11-14,17-24,35-38H2,(H,62,63);3-4,9-10,15-26,31-32H,1-2,5-8,11-14,27-30H2,(H,48,49)/b61-40+;47-32+. The van der Waals surface area contributed by atoms with E-state index in [4.69, 9.17) is 66.3 Å². The Balaban J connectivity index is 0.000000274. The van der Waals surface area contributed by atoms with Crippen LogP contribution in [0.15, 0.2) is 243 Å². The number of anilines is 2. The van der Waals surface area contributed by atoms with Crippen molar-refractivity contribution in [3.63, 3.8) is 0 Å². The third kappa shape index (κ3) is 35.9. The number of nitrogens with one attached hydrogen (secondary N) is 2. The lowest BCUT2D eigenvalue weighted by atomic mass is 9.82. The molecule has 0 radical (unpaired) electrons. The van der Waals surface area contributed by atoms with Crippen LogP contribution < -0.4 is 58.2 Å². The van der Waals surface area contributed by atoms with Gasteiger partial charge in [-0.15, -0.1) is 0 Å². The number of ether oxygens (including phenoxy) is 14. The van der Waals surface area contributed by atoms with Gasteiger partial charge in [-0.1, -0.05) is 73.3 Å². The summed E-state index contributed by atoms with van der Waals surface area (Å²) in [5, 5.41) is 9.86. The fraction of sp³-hybridized carbons (Fsp3) is 0.340. The van der Waals surface area contributed by atoms with Gasteiger partial charge in [0, 0.05) is 35.4 Å². The summed E-state index contributed by atoms with van der Waals surface area (Å²) in [6.07, 6.45) is 24.9. The topological polar surface area (TPSA) is 374 Å². The highest BCUT2D eigenvalue weighted by molar-refractivity contribution is 7.22. The Morgan fingerprint density at radius 3 is 0.899 bits per heavy atom. The molecule has 0 aliphatic heterocycles. The van der Waals surface area contributed by atoms with E-state index in [1.165, 1.54) is 47.2 Å². The van der Waals surface area contributed by atoms with E-state index >= 15 is 0 Å². The maximum atomic E-state index is 13.7. The number of hydrazone groups is 2. The Kier molecular flexibility index (Phi) is 43.1. The number of hydrogen-bond donors (Lipinski definition) is 2. The SMILES string of the molecule is C=CC(=O)OCCCCCCOc1ccc(C(=O)Oc2ccc(OC(=O)c3ccc(OCCCCCCOC(=O)C=C)cc3)c(/C=N/Nc3nc4ccccc4s3)c2)cc1.C=CC(=O)OCCCCCCOc1ccc(OC(=O)C2CCC(C(=O)Oc3ccc(OC(=O)C4CCC(C(=O)Oc5ccc(OCCCCCCOC(=O)C=C)cc5)CC4)c(/C=N/Nc4nc5ccccc5s4)c3)CC2)cc1. The molecule has 0 atom stereocenters. The molecule has 0 unspecified atom stereocenters. The van der Waals surface area contributed by atoms with Crippen molar-refractivity contribution in [1.29, 1.82) is 0 Å². The van der Waals surface area contributed by atoms with Gasteiger partial charge in [-0.25, -0.2) is 38.7 Å². The minimum atomic E-state index is -0.605. The van der Waals surface area contributed by atoms with E-state index in [2.05, 4.69) is 57.3 Å². The van der Waals surface area contributed by atoms with Crippen LogP contribution in [0.4, 0.5) is 10.3 Å². The number of thiazole rings is 2.